The Morgan fingerprint density at radius 3 is 2.35 bits per heavy atom. The van der Waals surface area contributed by atoms with Crippen molar-refractivity contribution in [1.82, 2.24) is 0 Å². The summed E-state index contributed by atoms with van der Waals surface area (Å²) in [5, 5.41) is 0. The van der Waals surface area contributed by atoms with Gasteiger partial charge in [-0.3, -0.25) is 4.79 Å². The lowest BCUT2D eigenvalue weighted by Gasteiger charge is -2.37. The van der Waals surface area contributed by atoms with Gasteiger partial charge in [0.05, 0.1) is 12.0 Å². The Balaban J connectivity index is 2.48. The van der Waals surface area contributed by atoms with Crippen molar-refractivity contribution in [3.63, 3.8) is 0 Å². The van der Waals surface area contributed by atoms with Crippen molar-refractivity contribution in [3.8, 4) is 0 Å². The lowest BCUT2D eigenvalue weighted by atomic mass is 9.68. The summed E-state index contributed by atoms with van der Waals surface area (Å²) in [6.07, 6.45) is 9.41. The van der Waals surface area contributed by atoms with Crippen molar-refractivity contribution in [2.75, 3.05) is 6.61 Å². The third kappa shape index (κ3) is 3.72. The van der Waals surface area contributed by atoms with E-state index in [4.69, 9.17) is 4.74 Å². The molecule has 0 aromatic heterocycles. The van der Waals surface area contributed by atoms with Crippen LogP contribution in [0.15, 0.2) is 0 Å². The summed E-state index contributed by atoms with van der Waals surface area (Å²) in [6.45, 7) is 6.79. The number of esters is 1. The monoisotopic (exact) mass is 240 g/mol. The standard InChI is InChI=1S/C15H28O2/c1-4-7-8-13-9-11-15(5-2,12-10-13)14(16)17-6-3/h13H,4-12H2,1-3H3/t13-,15-. The quantitative estimate of drug-likeness (QED) is 0.646. The van der Waals surface area contributed by atoms with E-state index in [-0.39, 0.29) is 11.4 Å². The number of unbranched alkanes of at least 4 members (excludes halogenated alkanes) is 1. The predicted molar refractivity (Wildman–Crippen MR) is 70.8 cm³/mol. The predicted octanol–water partition coefficient (Wildman–Crippen LogP) is 4.33. The van der Waals surface area contributed by atoms with Gasteiger partial charge in [-0.1, -0.05) is 33.1 Å². The van der Waals surface area contributed by atoms with E-state index < -0.39 is 0 Å². The maximum atomic E-state index is 12.0. The molecule has 2 heteroatoms. The van der Waals surface area contributed by atoms with Gasteiger partial charge >= 0.3 is 5.97 Å². The van der Waals surface area contributed by atoms with Gasteiger partial charge in [0, 0.05) is 0 Å². The summed E-state index contributed by atoms with van der Waals surface area (Å²) >= 11 is 0. The minimum atomic E-state index is -0.154. The molecule has 1 aliphatic carbocycles. The average molecular weight is 240 g/mol. The second kappa shape index (κ2) is 7.03. The van der Waals surface area contributed by atoms with Crippen LogP contribution in [0.1, 0.15) is 72.1 Å². The van der Waals surface area contributed by atoms with E-state index in [0.717, 1.165) is 25.2 Å². The van der Waals surface area contributed by atoms with Crippen LogP contribution in [-0.2, 0) is 9.53 Å². The Kier molecular flexibility index (Phi) is 6.01. The van der Waals surface area contributed by atoms with Gasteiger partial charge in [-0.2, -0.15) is 0 Å². The molecule has 0 amide bonds. The highest BCUT2D eigenvalue weighted by Gasteiger charge is 2.41. The van der Waals surface area contributed by atoms with Gasteiger partial charge in [-0.05, 0) is 44.9 Å². The summed E-state index contributed by atoms with van der Waals surface area (Å²) in [4.78, 5) is 12.0. The lowest BCUT2D eigenvalue weighted by Crippen LogP contribution is -2.36. The molecule has 100 valence electrons. The summed E-state index contributed by atoms with van der Waals surface area (Å²) in [7, 11) is 0. The molecule has 1 saturated carbocycles. The molecule has 0 aliphatic heterocycles. The first-order valence-corrected chi connectivity index (χ1v) is 7.35. The van der Waals surface area contributed by atoms with E-state index in [0.29, 0.717) is 6.61 Å². The van der Waals surface area contributed by atoms with Gasteiger partial charge in [-0.15, -0.1) is 0 Å². The number of carbonyl (C=O) groups excluding carboxylic acids is 1. The molecule has 0 bridgehead atoms. The van der Waals surface area contributed by atoms with Crippen LogP contribution in [0.4, 0.5) is 0 Å². The fraction of sp³-hybridized carbons (Fsp3) is 0.933. The number of carbonyl (C=O) groups is 1. The fourth-order valence-electron chi connectivity index (χ4n) is 3.00. The Morgan fingerprint density at radius 1 is 1.24 bits per heavy atom. The molecule has 0 saturated heterocycles. The van der Waals surface area contributed by atoms with E-state index in [1.54, 1.807) is 0 Å². The topological polar surface area (TPSA) is 26.3 Å². The third-order valence-electron chi connectivity index (χ3n) is 4.41. The largest absolute Gasteiger partial charge is 0.466 e. The third-order valence-corrected chi connectivity index (χ3v) is 4.41. The van der Waals surface area contributed by atoms with Crippen LogP contribution >= 0.6 is 0 Å². The highest BCUT2D eigenvalue weighted by Crippen LogP contribution is 2.43. The maximum Gasteiger partial charge on any atom is 0.312 e. The summed E-state index contributed by atoms with van der Waals surface area (Å²) in [6, 6.07) is 0. The molecule has 2 nitrogen and oxygen atoms in total. The second-order valence-corrected chi connectivity index (χ2v) is 5.44. The SMILES string of the molecule is CCCC[C@H]1CC[C@](CC)(C(=O)OCC)CC1. The molecule has 0 aromatic carbocycles. The zero-order valence-electron chi connectivity index (χ0n) is 11.8. The zero-order valence-corrected chi connectivity index (χ0v) is 11.8. The van der Waals surface area contributed by atoms with Crippen LogP contribution in [0, 0.1) is 11.3 Å². The first-order valence-electron chi connectivity index (χ1n) is 7.35. The van der Waals surface area contributed by atoms with Gasteiger partial charge in [0.15, 0.2) is 0 Å². The summed E-state index contributed by atoms with van der Waals surface area (Å²) in [5.74, 6) is 0.903. The van der Waals surface area contributed by atoms with Crippen molar-refractivity contribution in [1.29, 1.82) is 0 Å². The Labute approximate surface area is 106 Å². The smallest absolute Gasteiger partial charge is 0.312 e. The highest BCUT2D eigenvalue weighted by molar-refractivity contribution is 5.76. The first kappa shape index (κ1) is 14.5. The molecule has 0 N–H and O–H groups in total. The molecule has 0 aromatic rings. The van der Waals surface area contributed by atoms with E-state index in [1.165, 1.54) is 32.1 Å². The molecular formula is C15H28O2. The van der Waals surface area contributed by atoms with Crippen LogP contribution in [0.2, 0.25) is 0 Å². The van der Waals surface area contributed by atoms with Gasteiger partial charge in [0.2, 0.25) is 0 Å². The molecule has 0 radical (unpaired) electrons. The normalized spacial score (nSPS) is 29.0. The number of ether oxygens (including phenoxy) is 1. The first-order chi connectivity index (χ1) is 8.18. The van der Waals surface area contributed by atoms with Crippen molar-refractivity contribution in [2.24, 2.45) is 11.3 Å². The van der Waals surface area contributed by atoms with Crippen LogP contribution in [0.3, 0.4) is 0 Å². The van der Waals surface area contributed by atoms with Crippen LogP contribution in [0.5, 0.6) is 0 Å². The van der Waals surface area contributed by atoms with Crippen molar-refractivity contribution < 1.29 is 9.53 Å². The molecular weight excluding hydrogens is 212 g/mol. The van der Waals surface area contributed by atoms with E-state index in [2.05, 4.69) is 13.8 Å². The molecule has 0 spiro atoms. The van der Waals surface area contributed by atoms with E-state index in [9.17, 15) is 4.79 Å². The van der Waals surface area contributed by atoms with Gasteiger partial charge < -0.3 is 4.74 Å². The maximum absolute atomic E-state index is 12.0. The molecule has 17 heavy (non-hydrogen) atoms. The van der Waals surface area contributed by atoms with Crippen LogP contribution in [0.25, 0.3) is 0 Å². The Morgan fingerprint density at radius 2 is 1.88 bits per heavy atom. The van der Waals surface area contributed by atoms with Crippen molar-refractivity contribution >= 4 is 5.97 Å². The molecule has 1 rings (SSSR count). The molecule has 1 aliphatic rings. The summed E-state index contributed by atoms with van der Waals surface area (Å²) in [5.41, 5.74) is -0.154. The van der Waals surface area contributed by atoms with E-state index in [1.807, 2.05) is 6.92 Å². The highest BCUT2D eigenvalue weighted by atomic mass is 16.5. The van der Waals surface area contributed by atoms with Crippen LogP contribution in [-0.4, -0.2) is 12.6 Å². The lowest BCUT2D eigenvalue weighted by molar-refractivity contribution is -0.158. The number of hydrogen-bond acceptors (Lipinski definition) is 2. The van der Waals surface area contributed by atoms with E-state index >= 15 is 0 Å². The van der Waals surface area contributed by atoms with Gasteiger partial charge in [0.1, 0.15) is 0 Å². The molecule has 1 fully saturated rings. The molecule has 0 atom stereocenters. The number of rotatable bonds is 6. The van der Waals surface area contributed by atoms with Crippen LogP contribution < -0.4 is 0 Å². The number of hydrogen-bond donors (Lipinski definition) is 0. The summed E-state index contributed by atoms with van der Waals surface area (Å²) < 4.78 is 5.25. The fourth-order valence-corrected chi connectivity index (χ4v) is 3.00. The molecule has 0 heterocycles. The van der Waals surface area contributed by atoms with Gasteiger partial charge in [0.25, 0.3) is 0 Å². The minimum Gasteiger partial charge on any atom is -0.466 e. The van der Waals surface area contributed by atoms with Crippen molar-refractivity contribution in [3.05, 3.63) is 0 Å². The zero-order chi connectivity index (χ0) is 12.7. The van der Waals surface area contributed by atoms with Gasteiger partial charge in [-0.25, -0.2) is 0 Å². The average Bonchev–Trinajstić information content (AvgIpc) is 2.37. The van der Waals surface area contributed by atoms with Crippen molar-refractivity contribution in [2.45, 2.75) is 72.1 Å². The Hall–Kier alpha value is -0.530. The Bertz CT molecular complexity index is 227. The second-order valence-electron chi connectivity index (χ2n) is 5.44. The minimum absolute atomic E-state index is 0.0523. The molecule has 0 unspecified atom stereocenters.